The molecule has 0 heterocycles. The van der Waals surface area contributed by atoms with Gasteiger partial charge in [0.25, 0.3) is 0 Å². The molecule has 0 saturated carbocycles. The summed E-state index contributed by atoms with van der Waals surface area (Å²) in [5.41, 5.74) is 0. The second kappa shape index (κ2) is 4.58. The van der Waals surface area contributed by atoms with Crippen LogP contribution in [0.3, 0.4) is 0 Å². The average Bonchev–Trinajstić information content (AvgIpc) is 2.16. The van der Waals surface area contributed by atoms with Gasteiger partial charge < -0.3 is 4.57 Å². The van der Waals surface area contributed by atoms with Crippen molar-refractivity contribution in [3.63, 3.8) is 0 Å². The minimum atomic E-state index is -3.07. The maximum absolute atomic E-state index is 11.8. The van der Waals surface area contributed by atoms with E-state index in [0.717, 1.165) is 0 Å². The minimum absolute atomic E-state index is 0.106. The summed E-state index contributed by atoms with van der Waals surface area (Å²) in [5.74, 6) is 0. The van der Waals surface area contributed by atoms with E-state index in [1.165, 1.54) is 0 Å². The van der Waals surface area contributed by atoms with Gasteiger partial charge in [0.2, 0.25) is 13.0 Å². The van der Waals surface area contributed by atoms with Crippen molar-refractivity contribution in [2.24, 2.45) is 0 Å². The van der Waals surface area contributed by atoms with E-state index in [0.29, 0.717) is 5.30 Å². The molecule has 1 unspecified atom stereocenters. The lowest BCUT2D eigenvalue weighted by Crippen LogP contribution is -2.10. The smallest absolute Gasteiger partial charge is 0.212 e. The van der Waals surface area contributed by atoms with Crippen LogP contribution < -0.4 is 5.30 Å². The fourth-order valence-corrected chi connectivity index (χ4v) is 2.85. The molecule has 0 aliphatic rings. The molecule has 4 nitrogen and oxygen atoms in total. The van der Waals surface area contributed by atoms with Crippen molar-refractivity contribution in [3.05, 3.63) is 40.4 Å². The maximum Gasteiger partial charge on any atom is 0.212 e. The summed E-state index contributed by atoms with van der Waals surface area (Å²) in [5, 5.41) is 10.6. The van der Waals surface area contributed by atoms with Gasteiger partial charge in [-0.25, -0.2) is 0 Å². The number of halogens is 1. The van der Waals surface area contributed by atoms with Crippen molar-refractivity contribution >= 4 is 23.0 Å². The van der Waals surface area contributed by atoms with E-state index in [1.807, 2.05) is 0 Å². The van der Waals surface area contributed by atoms with E-state index < -0.39 is 11.4 Å². The minimum Gasteiger partial charge on any atom is -0.301 e. The van der Waals surface area contributed by atoms with E-state index in [-0.39, 0.29) is 12.7 Å². The molecular weight excluding hydrogens is 225 g/mol. The predicted octanol–water partition coefficient (Wildman–Crippen LogP) is 2.11. The van der Waals surface area contributed by atoms with Gasteiger partial charge in [0.15, 0.2) is 0 Å². The van der Waals surface area contributed by atoms with Crippen molar-refractivity contribution in [2.75, 3.05) is 12.7 Å². The Bertz CT molecular complexity index is 368. The number of nitrogens with zero attached hydrogens (tertiary/aromatic N) is 1. The van der Waals surface area contributed by atoms with Crippen LogP contribution in [0.1, 0.15) is 0 Å². The van der Waals surface area contributed by atoms with Crippen LogP contribution >= 0.6 is 17.7 Å². The van der Waals surface area contributed by atoms with Crippen molar-refractivity contribution in [1.29, 1.82) is 0 Å². The van der Waals surface area contributed by atoms with Crippen LogP contribution in [0.2, 0.25) is 0 Å². The fourth-order valence-electron chi connectivity index (χ4n) is 0.990. The third kappa shape index (κ3) is 3.13. The van der Waals surface area contributed by atoms with Crippen LogP contribution in [-0.4, -0.2) is 17.6 Å². The van der Waals surface area contributed by atoms with Crippen LogP contribution in [-0.2, 0) is 4.57 Å². The van der Waals surface area contributed by atoms with Gasteiger partial charge in [0, 0.05) is 10.2 Å². The van der Waals surface area contributed by atoms with Gasteiger partial charge in [-0.1, -0.05) is 30.3 Å². The molecule has 1 atom stereocenters. The van der Waals surface area contributed by atoms with Gasteiger partial charge in [0.1, 0.15) is 0 Å². The Kier molecular flexibility index (Phi) is 3.67. The largest absolute Gasteiger partial charge is 0.301 e. The molecule has 1 aromatic rings. The first-order valence-corrected chi connectivity index (χ1v) is 6.78. The Hall–Kier alpha value is -0.860. The molecule has 1 rings (SSSR count). The van der Waals surface area contributed by atoms with Gasteiger partial charge in [0.05, 0.1) is 6.16 Å². The molecule has 0 aromatic heterocycles. The van der Waals surface area contributed by atoms with E-state index in [4.69, 9.17) is 11.2 Å². The van der Waals surface area contributed by atoms with E-state index in [9.17, 15) is 14.7 Å². The van der Waals surface area contributed by atoms with E-state index in [2.05, 4.69) is 0 Å². The van der Waals surface area contributed by atoms with E-state index in [1.54, 1.807) is 30.3 Å². The molecule has 0 amide bonds. The highest BCUT2D eigenvalue weighted by molar-refractivity contribution is 7.95. The quantitative estimate of drug-likeness (QED) is 0.455. The standard InChI is InChI=1S/C8H9ClNO3P/c9-14(13,7-6-10(11)12)8-4-2-1-3-5-8/h1-5H,6-7H2. The Morgan fingerprint density at radius 1 is 1.36 bits per heavy atom. The van der Waals surface area contributed by atoms with Gasteiger partial charge >= 0.3 is 0 Å². The first-order chi connectivity index (χ1) is 6.52. The summed E-state index contributed by atoms with van der Waals surface area (Å²) in [4.78, 5) is 9.59. The summed E-state index contributed by atoms with van der Waals surface area (Å²) in [6.45, 7) is -3.43. The molecule has 0 radical (unpaired) electrons. The van der Waals surface area contributed by atoms with Crippen LogP contribution in [0.15, 0.2) is 30.3 Å². The Morgan fingerprint density at radius 2 is 1.93 bits per heavy atom. The highest BCUT2D eigenvalue weighted by atomic mass is 35.7. The van der Waals surface area contributed by atoms with Crippen LogP contribution in [0.4, 0.5) is 0 Å². The zero-order chi connectivity index (χ0) is 10.6. The third-order valence-corrected chi connectivity index (χ3v) is 4.65. The zero-order valence-electron chi connectivity index (χ0n) is 7.30. The molecule has 0 fully saturated rings. The summed E-state index contributed by atoms with van der Waals surface area (Å²) >= 11 is 5.76. The molecule has 0 aliphatic carbocycles. The highest BCUT2D eigenvalue weighted by Crippen LogP contribution is 2.49. The third-order valence-electron chi connectivity index (χ3n) is 1.71. The Balaban J connectivity index is 2.76. The molecule has 0 N–H and O–H groups in total. The summed E-state index contributed by atoms with van der Waals surface area (Å²) in [6.07, 6.45) is -0.106. The average molecular weight is 234 g/mol. The summed E-state index contributed by atoms with van der Waals surface area (Å²) in [7, 11) is 0. The second-order valence-electron chi connectivity index (χ2n) is 2.77. The van der Waals surface area contributed by atoms with Gasteiger partial charge in [-0.2, -0.15) is 0 Å². The molecule has 0 spiro atoms. The van der Waals surface area contributed by atoms with Gasteiger partial charge in [-0.15, -0.1) is 0 Å². The topological polar surface area (TPSA) is 60.2 Å². The summed E-state index contributed by atoms with van der Waals surface area (Å²) in [6, 6.07) is 8.42. The Morgan fingerprint density at radius 3 is 2.43 bits per heavy atom. The SMILES string of the molecule is O=[N+]([O-])CCP(=O)(Cl)c1ccccc1. The van der Waals surface area contributed by atoms with Crippen molar-refractivity contribution in [1.82, 2.24) is 0 Å². The van der Waals surface area contributed by atoms with Crippen molar-refractivity contribution in [3.8, 4) is 0 Å². The second-order valence-corrected chi connectivity index (χ2v) is 6.67. The lowest BCUT2D eigenvalue weighted by molar-refractivity contribution is -0.474. The summed E-state index contributed by atoms with van der Waals surface area (Å²) < 4.78 is 11.8. The first-order valence-electron chi connectivity index (χ1n) is 3.98. The lowest BCUT2D eigenvalue weighted by Gasteiger charge is -2.07. The van der Waals surface area contributed by atoms with Crippen molar-refractivity contribution in [2.45, 2.75) is 0 Å². The van der Waals surface area contributed by atoms with Crippen LogP contribution in [0.5, 0.6) is 0 Å². The van der Waals surface area contributed by atoms with Gasteiger partial charge in [-0.3, -0.25) is 10.1 Å². The number of hydrogen-bond donors (Lipinski definition) is 0. The lowest BCUT2D eigenvalue weighted by atomic mass is 10.4. The molecule has 76 valence electrons. The maximum atomic E-state index is 11.8. The monoisotopic (exact) mass is 233 g/mol. The first kappa shape index (κ1) is 11.2. The highest BCUT2D eigenvalue weighted by Gasteiger charge is 2.23. The Labute approximate surface area is 86.2 Å². The normalized spacial score (nSPS) is 14.6. The number of nitro groups is 1. The number of hydrogen-bond acceptors (Lipinski definition) is 3. The molecule has 1 aromatic carbocycles. The number of rotatable bonds is 4. The predicted molar refractivity (Wildman–Crippen MR) is 56.3 cm³/mol. The van der Waals surface area contributed by atoms with Gasteiger partial charge in [-0.05, 0) is 11.2 Å². The van der Waals surface area contributed by atoms with E-state index >= 15 is 0 Å². The molecule has 6 heteroatoms. The fraction of sp³-hybridized carbons (Fsp3) is 0.250. The molecule has 0 bridgehead atoms. The molecule has 14 heavy (non-hydrogen) atoms. The number of benzene rings is 1. The molecule has 0 aliphatic heterocycles. The molecular formula is C8H9ClNO3P. The zero-order valence-corrected chi connectivity index (χ0v) is 8.95. The van der Waals surface area contributed by atoms with Crippen LogP contribution in [0.25, 0.3) is 0 Å². The van der Waals surface area contributed by atoms with Crippen LogP contribution in [0, 0.1) is 10.1 Å². The van der Waals surface area contributed by atoms with Crippen molar-refractivity contribution < 1.29 is 9.49 Å². The molecule has 0 saturated heterocycles.